The number of hydrogen-bond donors (Lipinski definition) is 1. The number of nitrogens with zero attached hydrogens (tertiary/aromatic N) is 1. The maximum atomic E-state index is 13.9. The van der Waals surface area contributed by atoms with Crippen molar-refractivity contribution >= 4 is 5.69 Å². The predicted octanol–water partition coefficient (Wildman–Crippen LogP) is 3.89. The van der Waals surface area contributed by atoms with Gasteiger partial charge in [0.15, 0.2) is 0 Å². The van der Waals surface area contributed by atoms with Gasteiger partial charge in [-0.05, 0) is 37.8 Å². The van der Waals surface area contributed by atoms with Crippen LogP contribution in [-0.4, -0.2) is 18.2 Å². The number of benzene rings is 1. The summed E-state index contributed by atoms with van der Waals surface area (Å²) in [4.78, 5) is 2.15. The van der Waals surface area contributed by atoms with E-state index in [1.165, 1.54) is 18.9 Å². The average Bonchev–Trinajstić information content (AvgIpc) is 2.37. The molecular formula is C16H24FNO. The molecule has 0 amide bonds. The standard InChI is InChI=1S/C16H24FNO/c1-11-6-4-7-13(10-11)18(3)15-9-5-8-14(17)16(15)12(2)19/h5,8-9,11-13,19H,4,6-7,10H2,1-3H3/t11?,12-,13?/m1/s1. The van der Waals surface area contributed by atoms with Crippen LogP contribution >= 0.6 is 0 Å². The van der Waals surface area contributed by atoms with Gasteiger partial charge in [0.25, 0.3) is 0 Å². The quantitative estimate of drug-likeness (QED) is 0.896. The number of halogens is 1. The molecule has 0 spiro atoms. The van der Waals surface area contributed by atoms with Crippen molar-refractivity contribution < 1.29 is 9.50 Å². The van der Waals surface area contributed by atoms with E-state index in [2.05, 4.69) is 11.8 Å². The second-order valence-corrected chi connectivity index (χ2v) is 5.89. The average molecular weight is 265 g/mol. The predicted molar refractivity (Wildman–Crippen MR) is 76.9 cm³/mol. The molecule has 0 aromatic heterocycles. The molecule has 1 fully saturated rings. The van der Waals surface area contributed by atoms with Crippen molar-refractivity contribution in [2.75, 3.05) is 11.9 Å². The molecule has 1 aliphatic carbocycles. The molecule has 1 aromatic carbocycles. The van der Waals surface area contributed by atoms with Gasteiger partial charge in [0, 0.05) is 24.3 Å². The summed E-state index contributed by atoms with van der Waals surface area (Å²) in [6.45, 7) is 3.90. The van der Waals surface area contributed by atoms with Crippen molar-refractivity contribution in [3.63, 3.8) is 0 Å². The Morgan fingerprint density at radius 3 is 2.74 bits per heavy atom. The van der Waals surface area contributed by atoms with Crippen LogP contribution in [0.1, 0.15) is 51.2 Å². The zero-order chi connectivity index (χ0) is 14.0. The van der Waals surface area contributed by atoms with Crippen molar-refractivity contribution in [2.24, 2.45) is 5.92 Å². The summed E-state index contributed by atoms with van der Waals surface area (Å²) in [6, 6.07) is 5.50. The fourth-order valence-electron chi connectivity index (χ4n) is 3.20. The highest BCUT2D eigenvalue weighted by Gasteiger charge is 2.25. The maximum Gasteiger partial charge on any atom is 0.131 e. The molecule has 0 saturated heterocycles. The van der Waals surface area contributed by atoms with E-state index < -0.39 is 6.10 Å². The van der Waals surface area contributed by atoms with E-state index in [0.29, 0.717) is 11.6 Å². The van der Waals surface area contributed by atoms with Gasteiger partial charge in [-0.1, -0.05) is 25.8 Å². The number of hydrogen-bond acceptors (Lipinski definition) is 2. The van der Waals surface area contributed by atoms with Crippen LogP contribution in [0, 0.1) is 11.7 Å². The number of rotatable bonds is 3. The molecule has 2 nitrogen and oxygen atoms in total. The molecule has 1 aromatic rings. The van der Waals surface area contributed by atoms with E-state index in [-0.39, 0.29) is 5.82 Å². The molecule has 0 radical (unpaired) electrons. The second kappa shape index (κ2) is 5.91. The fourth-order valence-corrected chi connectivity index (χ4v) is 3.20. The summed E-state index contributed by atoms with van der Waals surface area (Å²) in [7, 11) is 2.02. The largest absolute Gasteiger partial charge is 0.389 e. The minimum Gasteiger partial charge on any atom is -0.389 e. The molecule has 0 aliphatic heterocycles. The lowest BCUT2D eigenvalue weighted by molar-refractivity contribution is 0.194. The van der Waals surface area contributed by atoms with Gasteiger partial charge in [-0.3, -0.25) is 0 Å². The van der Waals surface area contributed by atoms with Crippen molar-refractivity contribution in [3.8, 4) is 0 Å². The second-order valence-electron chi connectivity index (χ2n) is 5.89. The molecule has 106 valence electrons. The highest BCUT2D eigenvalue weighted by atomic mass is 19.1. The number of anilines is 1. The van der Waals surface area contributed by atoms with Gasteiger partial charge in [0.1, 0.15) is 5.82 Å². The Labute approximate surface area is 115 Å². The van der Waals surface area contributed by atoms with Gasteiger partial charge in [0.2, 0.25) is 0 Å². The topological polar surface area (TPSA) is 23.5 Å². The van der Waals surface area contributed by atoms with Gasteiger partial charge < -0.3 is 10.0 Å². The summed E-state index contributed by atoms with van der Waals surface area (Å²) in [6.07, 6.45) is 4.04. The normalized spacial score (nSPS) is 25.1. The van der Waals surface area contributed by atoms with E-state index in [1.54, 1.807) is 13.0 Å². The minimum atomic E-state index is -0.778. The Morgan fingerprint density at radius 1 is 1.37 bits per heavy atom. The van der Waals surface area contributed by atoms with Crippen molar-refractivity contribution in [1.82, 2.24) is 0 Å². The summed E-state index contributed by atoms with van der Waals surface area (Å²) < 4.78 is 13.9. The van der Waals surface area contributed by atoms with E-state index >= 15 is 0 Å². The maximum absolute atomic E-state index is 13.9. The highest BCUT2D eigenvalue weighted by molar-refractivity contribution is 5.55. The van der Waals surface area contributed by atoms with Crippen LogP contribution < -0.4 is 4.90 Å². The first-order chi connectivity index (χ1) is 9.00. The van der Waals surface area contributed by atoms with Crippen molar-refractivity contribution in [3.05, 3.63) is 29.6 Å². The molecule has 19 heavy (non-hydrogen) atoms. The van der Waals surface area contributed by atoms with Crippen LogP contribution in [0.2, 0.25) is 0 Å². The Bertz CT molecular complexity index is 433. The lowest BCUT2D eigenvalue weighted by atomic mass is 9.86. The molecular weight excluding hydrogens is 241 g/mol. The number of aliphatic hydroxyl groups excluding tert-OH is 1. The third-order valence-corrected chi connectivity index (χ3v) is 4.28. The van der Waals surface area contributed by atoms with Gasteiger partial charge in [-0.2, -0.15) is 0 Å². The van der Waals surface area contributed by atoms with Gasteiger partial charge in [-0.25, -0.2) is 4.39 Å². The van der Waals surface area contributed by atoms with Crippen LogP contribution in [0.3, 0.4) is 0 Å². The number of aliphatic hydroxyl groups is 1. The van der Waals surface area contributed by atoms with Gasteiger partial charge >= 0.3 is 0 Å². The van der Waals surface area contributed by atoms with Gasteiger partial charge in [-0.15, -0.1) is 0 Å². The molecule has 0 bridgehead atoms. The summed E-state index contributed by atoms with van der Waals surface area (Å²) in [5, 5.41) is 9.82. The molecule has 1 N–H and O–H groups in total. The van der Waals surface area contributed by atoms with Gasteiger partial charge in [0.05, 0.1) is 6.10 Å². The SMILES string of the molecule is CC1CCCC(N(C)c2cccc(F)c2[C@@H](C)O)C1. The van der Waals surface area contributed by atoms with Crippen LogP contribution in [0.4, 0.5) is 10.1 Å². The Morgan fingerprint density at radius 2 is 2.11 bits per heavy atom. The van der Waals surface area contributed by atoms with Crippen LogP contribution in [0.15, 0.2) is 18.2 Å². The zero-order valence-electron chi connectivity index (χ0n) is 12.1. The first kappa shape index (κ1) is 14.3. The minimum absolute atomic E-state index is 0.316. The lowest BCUT2D eigenvalue weighted by Gasteiger charge is -2.37. The fraction of sp³-hybridized carbons (Fsp3) is 0.625. The Hall–Kier alpha value is -1.09. The zero-order valence-corrected chi connectivity index (χ0v) is 12.1. The molecule has 3 atom stereocenters. The van der Waals surface area contributed by atoms with E-state index in [1.807, 2.05) is 13.1 Å². The third kappa shape index (κ3) is 3.08. The molecule has 1 saturated carbocycles. The van der Waals surface area contributed by atoms with Crippen LogP contribution in [0.25, 0.3) is 0 Å². The van der Waals surface area contributed by atoms with Crippen LogP contribution in [0.5, 0.6) is 0 Å². The monoisotopic (exact) mass is 265 g/mol. The third-order valence-electron chi connectivity index (χ3n) is 4.28. The molecule has 0 heterocycles. The lowest BCUT2D eigenvalue weighted by Crippen LogP contribution is -2.36. The Kier molecular flexibility index (Phi) is 4.46. The van der Waals surface area contributed by atoms with Crippen LogP contribution in [-0.2, 0) is 0 Å². The van der Waals surface area contributed by atoms with Crippen molar-refractivity contribution in [1.29, 1.82) is 0 Å². The molecule has 2 rings (SSSR count). The Balaban J connectivity index is 2.28. The highest BCUT2D eigenvalue weighted by Crippen LogP contribution is 2.34. The smallest absolute Gasteiger partial charge is 0.131 e. The van der Waals surface area contributed by atoms with Crippen molar-refractivity contribution in [2.45, 2.75) is 51.7 Å². The first-order valence-corrected chi connectivity index (χ1v) is 7.20. The molecule has 3 heteroatoms. The summed E-state index contributed by atoms with van der Waals surface area (Å²) >= 11 is 0. The molecule has 2 unspecified atom stereocenters. The first-order valence-electron chi connectivity index (χ1n) is 7.20. The van der Waals surface area contributed by atoms with E-state index in [9.17, 15) is 9.50 Å². The van der Waals surface area contributed by atoms with E-state index in [0.717, 1.165) is 24.4 Å². The van der Waals surface area contributed by atoms with E-state index in [4.69, 9.17) is 0 Å². The summed E-state index contributed by atoms with van der Waals surface area (Å²) in [5.74, 6) is 0.410. The summed E-state index contributed by atoms with van der Waals surface area (Å²) in [5.41, 5.74) is 1.25. The molecule has 1 aliphatic rings.